The summed E-state index contributed by atoms with van der Waals surface area (Å²) in [5.74, 6) is 0. The average Bonchev–Trinajstić information content (AvgIpc) is 4.10. The fourth-order valence-corrected chi connectivity index (χ4v) is 12.3. The van der Waals surface area contributed by atoms with E-state index in [1.54, 1.807) is 0 Å². The van der Waals surface area contributed by atoms with Crippen LogP contribution in [0.2, 0.25) is 0 Å². The van der Waals surface area contributed by atoms with Crippen LogP contribution < -0.4 is 0 Å². The number of nitrogens with zero attached hydrogens (tertiary/aromatic N) is 4. The molecule has 0 spiro atoms. The largest absolute Gasteiger partial charge is 0.314 e. The third kappa shape index (κ3) is 4.83. The smallest absolute Gasteiger partial charge is 0.0625 e. The van der Waals surface area contributed by atoms with E-state index < -0.39 is 0 Å². The molecule has 2 aliphatic rings. The van der Waals surface area contributed by atoms with Crippen LogP contribution in [0.3, 0.4) is 0 Å². The molecule has 4 heteroatoms. The van der Waals surface area contributed by atoms with Gasteiger partial charge in [0.05, 0.1) is 22.1 Å². The average molecular weight is 827 g/mol. The minimum absolute atomic E-state index is 0.0209. The van der Waals surface area contributed by atoms with Gasteiger partial charge in [-0.05, 0) is 151 Å². The minimum atomic E-state index is -0.0209. The molecule has 0 amide bonds. The van der Waals surface area contributed by atoms with Crippen LogP contribution in [0.25, 0.3) is 88.6 Å². The summed E-state index contributed by atoms with van der Waals surface area (Å²) in [6.45, 7) is 18.4. The summed E-state index contributed by atoms with van der Waals surface area (Å²) in [5.41, 5.74) is 25.4. The van der Waals surface area contributed by atoms with Crippen LogP contribution in [0.5, 0.6) is 0 Å². The van der Waals surface area contributed by atoms with Crippen molar-refractivity contribution in [2.24, 2.45) is 0 Å². The first-order chi connectivity index (χ1) is 30.9. The van der Waals surface area contributed by atoms with Crippen LogP contribution in [0.1, 0.15) is 72.7 Å². The van der Waals surface area contributed by atoms with E-state index >= 15 is 0 Å². The Bertz CT molecular complexity index is 3580. The lowest BCUT2D eigenvalue weighted by molar-refractivity contribution is 0.660. The van der Waals surface area contributed by atoms with Gasteiger partial charge >= 0.3 is 0 Å². The summed E-state index contributed by atoms with van der Waals surface area (Å²) in [6.07, 6.45) is 0. The Balaban J connectivity index is 0.944. The summed E-state index contributed by atoms with van der Waals surface area (Å²) in [5, 5.41) is 5.01. The zero-order valence-electron chi connectivity index (χ0n) is 37.8. The number of fused-ring (bicyclic) bond motifs is 12. The van der Waals surface area contributed by atoms with Crippen LogP contribution >= 0.6 is 0 Å². The summed E-state index contributed by atoms with van der Waals surface area (Å²) < 4.78 is 9.83. The van der Waals surface area contributed by atoms with Crippen LogP contribution in [0, 0.1) is 27.7 Å². The van der Waals surface area contributed by atoms with Gasteiger partial charge < -0.3 is 18.3 Å². The zero-order valence-corrected chi connectivity index (χ0v) is 37.8. The van der Waals surface area contributed by atoms with E-state index in [1.165, 1.54) is 122 Å². The fourth-order valence-electron chi connectivity index (χ4n) is 12.3. The van der Waals surface area contributed by atoms with E-state index in [1.807, 2.05) is 0 Å². The second-order valence-electron chi connectivity index (χ2n) is 19.7. The van der Waals surface area contributed by atoms with E-state index in [4.69, 9.17) is 0 Å². The second kappa shape index (κ2) is 12.7. The molecular formula is C60H50N4. The van der Waals surface area contributed by atoms with Gasteiger partial charge in [-0.2, -0.15) is 0 Å². The number of hydrogen-bond donors (Lipinski definition) is 0. The molecule has 64 heavy (non-hydrogen) atoms. The molecule has 4 aromatic heterocycles. The SMILES string of the molecule is Cc1cc2c(ccc3cc(C)n(-c4cccc(-n5c(C)cc6ccc7c(cc(C)n7-c7ccc8c(c7)-c7ccccc7C8(C)C)c65)c4)c32)n1-c1ccc2c(c1)-c1ccccc1C2(C)C. The Morgan fingerprint density at radius 2 is 0.703 bits per heavy atom. The topological polar surface area (TPSA) is 19.7 Å². The minimum Gasteiger partial charge on any atom is -0.314 e. The van der Waals surface area contributed by atoms with Crippen LogP contribution in [-0.4, -0.2) is 18.3 Å². The maximum absolute atomic E-state index is 2.47. The van der Waals surface area contributed by atoms with E-state index in [-0.39, 0.29) is 10.8 Å². The first-order valence-electron chi connectivity index (χ1n) is 22.8. The normalized spacial score (nSPS) is 14.5. The molecule has 11 aromatic rings. The summed E-state index contributed by atoms with van der Waals surface area (Å²) in [6, 6.07) is 59.8. The predicted molar refractivity (Wildman–Crippen MR) is 268 cm³/mol. The van der Waals surface area contributed by atoms with Crippen molar-refractivity contribution >= 4 is 43.6 Å². The molecule has 0 atom stereocenters. The molecule has 0 saturated carbocycles. The third-order valence-electron chi connectivity index (χ3n) is 15.2. The Labute approximate surface area is 374 Å². The highest BCUT2D eigenvalue weighted by Gasteiger charge is 2.36. The monoisotopic (exact) mass is 826 g/mol. The second-order valence-corrected chi connectivity index (χ2v) is 19.7. The quantitative estimate of drug-likeness (QED) is 0.168. The van der Waals surface area contributed by atoms with E-state index in [2.05, 4.69) is 231 Å². The van der Waals surface area contributed by atoms with E-state index in [0.717, 1.165) is 11.4 Å². The highest BCUT2D eigenvalue weighted by Crippen LogP contribution is 2.51. The van der Waals surface area contributed by atoms with Gasteiger partial charge in [-0.1, -0.05) is 107 Å². The highest BCUT2D eigenvalue weighted by molar-refractivity contribution is 6.09. The molecule has 2 aliphatic carbocycles. The molecule has 0 radical (unpaired) electrons. The zero-order chi connectivity index (χ0) is 43.6. The lowest BCUT2D eigenvalue weighted by Crippen LogP contribution is -2.14. The van der Waals surface area contributed by atoms with Crippen LogP contribution in [0.4, 0.5) is 0 Å². The third-order valence-corrected chi connectivity index (χ3v) is 15.2. The molecule has 0 aliphatic heterocycles. The van der Waals surface area contributed by atoms with Crippen molar-refractivity contribution in [2.75, 3.05) is 0 Å². The summed E-state index contributed by atoms with van der Waals surface area (Å²) in [7, 11) is 0. The predicted octanol–water partition coefficient (Wildman–Crippen LogP) is 15.3. The number of aryl methyl sites for hydroxylation is 4. The summed E-state index contributed by atoms with van der Waals surface area (Å²) >= 11 is 0. The Hall–Kier alpha value is -7.30. The van der Waals surface area contributed by atoms with Crippen molar-refractivity contribution in [3.63, 3.8) is 0 Å². The molecule has 4 heterocycles. The molecule has 13 rings (SSSR count). The van der Waals surface area contributed by atoms with Crippen molar-refractivity contribution in [1.82, 2.24) is 18.3 Å². The van der Waals surface area contributed by atoms with Gasteiger partial charge in [0.1, 0.15) is 0 Å². The standard InChI is InChI=1S/C60H50N4/c1-35-28-39-20-26-55-49(30-37(3)61(55)43-22-24-53-47(33-43)45-16-9-11-18-51(45)59(53,5)6)57(39)63(35)41-14-13-15-42(32-41)64-36(2)29-40-21-27-56-50(58(40)64)31-38(4)62(56)44-23-25-54-48(34-44)46-17-10-12-19-52(46)60(54,7)8/h9-34H,1-8H3. The molecule has 310 valence electrons. The van der Waals surface area contributed by atoms with Crippen molar-refractivity contribution in [2.45, 2.75) is 66.2 Å². The Morgan fingerprint density at radius 1 is 0.312 bits per heavy atom. The molecule has 0 saturated heterocycles. The van der Waals surface area contributed by atoms with Crippen LogP contribution in [-0.2, 0) is 10.8 Å². The lowest BCUT2D eigenvalue weighted by atomic mass is 9.82. The lowest BCUT2D eigenvalue weighted by Gasteiger charge is -2.21. The first-order valence-corrected chi connectivity index (χ1v) is 22.8. The van der Waals surface area contributed by atoms with Gasteiger partial charge in [0.2, 0.25) is 0 Å². The van der Waals surface area contributed by atoms with Gasteiger partial charge in [0.15, 0.2) is 0 Å². The molecule has 0 unspecified atom stereocenters. The highest BCUT2D eigenvalue weighted by atomic mass is 15.0. The maximum Gasteiger partial charge on any atom is 0.0625 e. The maximum atomic E-state index is 2.47. The Kier molecular flexibility index (Phi) is 7.38. The van der Waals surface area contributed by atoms with Gasteiger partial charge in [-0.25, -0.2) is 0 Å². The number of hydrogen-bond acceptors (Lipinski definition) is 0. The van der Waals surface area contributed by atoms with Gasteiger partial charge in [-0.15, -0.1) is 0 Å². The molecule has 4 nitrogen and oxygen atoms in total. The van der Waals surface area contributed by atoms with E-state index in [9.17, 15) is 0 Å². The fraction of sp³-hybridized carbons (Fsp3) is 0.167. The number of rotatable bonds is 4. The molecule has 0 N–H and O–H groups in total. The summed E-state index contributed by atoms with van der Waals surface area (Å²) in [4.78, 5) is 0. The molecule has 7 aromatic carbocycles. The number of aromatic nitrogens is 4. The molecular weight excluding hydrogens is 777 g/mol. The first kappa shape index (κ1) is 37.3. The van der Waals surface area contributed by atoms with Crippen molar-refractivity contribution in [3.8, 4) is 45.0 Å². The molecule has 0 fully saturated rings. The van der Waals surface area contributed by atoms with Gasteiger partial charge in [0.25, 0.3) is 0 Å². The Morgan fingerprint density at radius 3 is 1.16 bits per heavy atom. The van der Waals surface area contributed by atoms with Crippen LogP contribution in [0.15, 0.2) is 158 Å². The molecule has 0 bridgehead atoms. The van der Waals surface area contributed by atoms with Gasteiger partial charge in [0, 0.05) is 77.9 Å². The van der Waals surface area contributed by atoms with E-state index in [0.29, 0.717) is 0 Å². The van der Waals surface area contributed by atoms with Crippen molar-refractivity contribution in [1.29, 1.82) is 0 Å². The number of benzene rings is 7. The van der Waals surface area contributed by atoms with Gasteiger partial charge in [-0.3, -0.25) is 0 Å². The van der Waals surface area contributed by atoms with Crippen molar-refractivity contribution in [3.05, 3.63) is 203 Å². The van der Waals surface area contributed by atoms with Crippen molar-refractivity contribution < 1.29 is 0 Å².